The molecule has 2 aromatic carbocycles. The summed E-state index contributed by atoms with van der Waals surface area (Å²) in [4.78, 5) is 16.6. The van der Waals surface area contributed by atoms with E-state index in [2.05, 4.69) is 10.3 Å². The summed E-state index contributed by atoms with van der Waals surface area (Å²) in [6.07, 6.45) is -0.658. The van der Waals surface area contributed by atoms with Crippen LogP contribution in [-0.2, 0) is 4.79 Å². The summed E-state index contributed by atoms with van der Waals surface area (Å²) < 4.78 is 11.6. The summed E-state index contributed by atoms with van der Waals surface area (Å²) in [6.45, 7) is 1.68. The maximum Gasteiger partial charge on any atom is 0.266 e. The smallest absolute Gasteiger partial charge is 0.266 e. The summed E-state index contributed by atoms with van der Waals surface area (Å²) in [5.41, 5.74) is 0.795. The second kappa shape index (κ2) is 7.07. The molecule has 0 unspecified atom stereocenters. The molecule has 3 rings (SSSR count). The van der Waals surface area contributed by atoms with Gasteiger partial charge in [-0.15, -0.1) is 0 Å². The monoisotopic (exact) mass is 362 g/mol. The summed E-state index contributed by atoms with van der Waals surface area (Å²) in [5.74, 6) is 1.05. The number of carbonyl (C=O) groups excluding carboxylic acids is 1. The van der Waals surface area contributed by atoms with Crippen molar-refractivity contribution in [2.24, 2.45) is 0 Å². The molecule has 0 radical (unpaired) electrons. The second-order valence-electron chi connectivity index (χ2n) is 5.06. The van der Waals surface area contributed by atoms with Crippen molar-refractivity contribution in [1.82, 2.24) is 4.98 Å². The number of rotatable bonds is 5. The standard InChI is InChI=1S/C17H15ClN2O3S/c1-10(23-13-6-4-12(22-2)5-7-13)16(21)20-17-19-14-8-3-11(18)9-15(14)24-17/h3-10H,1-2H3,(H,19,20,21)/t10-/m0/s1. The van der Waals surface area contributed by atoms with E-state index in [1.807, 2.05) is 12.1 Å². The predicted molar refractivity (Wildman–Crippen MR) is 96.3 cm³/mol. The van der Waals surface area contributed by atoms with Gasteiger partial charge in [-0.3, -0.25) is 10.1 Å². The van der Waals surface area contributed by atoms with E-state index in [0.29, 0.717) is 15.9 Å². The maximum atomic E-state index is 12.3. The first-order valence-corrected chi connectivity index (χ1v) is 8.42. The molecule has 1 aromatic heterocycles. The Balaban J connectivity index is 1.65. The lowest BCUT2D eigenvalue weighted by Gasteiger charge is -2.13. The Kier molecular flexibility index (Phi) is 4.87. The minimum atomic E-state index is -0.658. The minimum Gasteiger partial charge on any atom is -0.497 e. The number of thiazole rings is 1. The summed E-state index contributed by atoms with van der Waals surface area (Å²) in [5, 5.41) is 3.92. The van der Waals surface area contributed by atoms with Crippen LogP contribution >= 0.6 is 22.9 Å². The SMILES string of the molecule is COc1ccc(O[C@@H](C)C(=O)Nc2nc3ccc(Cl)cc3s2)cc1. The third-order valence-electron chi connectivity index (χ3n) is 3.32. The van der Waals surface area contributed by atoms with Crippen molar-refractivity contribution < 1.29 is 14.3 Å². The van der Waals surface area contributed by atoms with Crippen LogP contribution in [0.5, 0.6) is 11.5 Å². The highest BCUT2D eigenvalue weighted by atomic mass is 35.5. The van der Waals surface area contributed by atoms with Crippen molar-refractivity contribution in [3.8, 4) is 11.5 Å². The number of fused-ring (bicyclic) bond motifs is 1. The van der Waals surface area contributed by atoms with E-state index in [9.17, 15) is 4.79 Å². The van der Waals surface area contributed by atoms with Crippen molar-refractivity contribution in [2.45, 2.75) is 13.0 Å². The Morgan fingerprint density at radius 3 is 2.62 bits per heavy atom. The molecule has 5 nitrogen and oxygen atoms in total. The molecule has 24 heavy (non-hydrogen) atoms. The molecule has 1 heterocycles. The van der Waals surface area contributed by atoms with Crippen LogP contribution in [0, 0.1) is 0 Å². The van der Waals surface area contributed by atoms with Crippen molar-refractivity contribution >= 4 is 44.2 Å². The molecule has 1 atom stereocenters. The van der Waals surface area contributed by atoms with Crippen molar-refractivity contribution in [2.75, 3.05) is 12.4 Å². The van der Waals surface area contributed by atoms with Crippen LogP contribution in [0.4, 0.5) is 5.13 Å². The molecular formula is C17H15ClN2O3S. The first-order valence-electron chi connectivity index (χ1n) is 7.23. The molecule has 3 aromatic rings. The molecule has 0 aliphatic heterocycles. The summed E-state index contributed by atoms with van der Waals surface area (Å²) >= 11 is 7.33. The first-order chi connectivity index (χ1) is 11.5. The lowest BCUT2D eigenvalue weighted by molar-refractivity contribution is -0.122. The highest BCUT2D eigenvalue weighted by Gasteiger charge is 2.17. The molecule has 1 N–H and O–H groups in total. The number of aromatic nitrogens is 1. The molecular weight excluding hydrogens is 348 g/mol. The number of ether oxygens (including phenoxy) is 2. The van der Waals surface area contributed by atoms with Crippen molar-refractivity contribution in [1.29, 1.82) is 0 Å². The van der Waals surface area contributed by atoms with Gasteiger partial charge in [0.2, 0.25) is 0 Å². The van der Waals surface area contributed by atoms with Gasteiger partial charge in [0.1, 0.15) is 11.5 Å². The Morgan fingerprint density at radius 1 is 1.21 bits per heavy atom. The van der Waals surface area contributed by atoms with E-state index in [-0.39, 0.29) is 5.91 Å². The van der Waals surface area contributed by atoms with Gasteiger partial charge in [-0.1, -0.05) is 22.9 Å². The first kappa shape index (κ1) is 16.5. The highest BCUT2D eigenvalue weighted by Crippen LogP contribution is 2.28. The predicted octanol–water partition coefficient (Wildman–Crippen LogP) is 4.36. The summed E-state index contributed by atoms with van der Waals surface area (Å²) in [6, 6.07) is 12.5. The van der Waals surface area contributed by atoms with E-state index in [1.165, 1.54) is 11.3 Å². The molecule has 7 heteroatoms. The zero-order chi connectivity index (χ0) is 17.1. The van der Waals surface area contributed by atoms with Crippen LogP contribution in [0.15, 0.2) is 42.5 Å². The number of benzene rings is 2. The Bertz CT molecular complexity index is 864. The van der Waals surface area contributed by atoms with E-state index in [0.717, 1.165) is 16.0 Å². The molecule has 0 saturated carbocycles. The zero-order valence-corrected chi connectivity index (χ0v) is 14.6. The number of methoxy groups -OCH3 is 1. The van der Waals surface area contributed by atoms with Crippen LogP contribution in [0.1, 0.15) is 6.92 Å². The number of nitrogens with zero attached hydrogens (tertiary/aromatic N) is 1. The molecule has 0 aliphatic carbocycles. The van der Waals surface area contributed by atoms with Gasteiger partial charge in [0.25, 0.3) is 5.91 Å². The third kappa shape index (κ3) is 3.77. The Hall–Kier alpha value is -2.31. The van der Waals surface area contributed by atoms with Crippen LogP contribution in [0.25, 0.3) is 10.2 Å². The summed E-state index contributed by atoms with van der Waals surface area (Å²) in [7, 11) is 1.59. The molecule has 1 amide bonds. The van der Waals surface area contributed by atoms with Crippen LogP contribution in [0.3, 0.4) is 0 Å². The van der Waals surface area contributed by atoms with E-state index >= 15 is 0 Å². The molecule has 0 saturated heterocycles. The fourth-order valence-corrected chi connectivity index (χ4v) is 3.22. The van der Waals surface area contributed by atoms with Gasteiger partial charge in [0.05, 0.1) is 17.3 Å². The van der Waals surface area contributed by atoms with E-state index in [4.69, 9.17) is 21.1 Å². The van der Waals surface area contributed by atoms with Gasteiger partial charge >= 0.3 is 0 Å². The van der Waals surface area contributed by atoms with Gasteiger partial charge < -0.3 is 9.47 Å². The average molecular weight is 363 g/mol. The molecule has 0 aliphatic rings. The van der Waals surface area contributed by atoms with Gasteiger partial charge in [-0.2, -0.15) is 0 Å². The van der Waals surface area contributed by atoms with Gasteiger partial charge in [0, 0.05) is 5.02 Å². The van der Waals surface area contributed by atoms with Crippen molar-refractivity contribution in [3.63, 3.8) is 0 Å². The number of carbonyl (C=O) groups is 1. The lowest BCUT2D eigenvalue weighted by Crippen LogP contribution is -2.30. The number of nitrogens with one attached hydrogen (secondary N) is 1. The molecule has 0 fully saturated rings. The van der Waals surface area contributed by atoms with Crippen LogP contribution < -0.4 is 14.8 Å². The Labute approximate surface area is 148 Å². The fraction of sp³-hybridized carbons (Fsp3) is 0.176. The molecule has 0 spiro atoms. The van der Waals surface area contributed by atoms with Gasteiger partial charge in [-0.05, 0) is 49.4 Å². The maximum absolute atomic E-state index is 12.3. The van der Waals surface area contributed by atoms with E-state index in [1.54, 1.807) is 44.4 Å². The van der Waals surface area contributed by atoms with Crippen molar-refractivity contribution in [3.05, 3.63) is 47.5 Å². The third-order valence-corrected chi connectivity index (χ3v) is 4.49. The Morgan fingerprint density at radius 2 is 1.92 bits per heavy atom. The number of hydrogen-bond donors (Lipinski definition) is 1. The number of hydrogen-bond acceptors (Lipinski definition) is 5. The zero-order valence-electron chi connectivity index (χ0n) is 13.1. The molecule has 0 bridgehead atoms. The minimum absolute atomic E-state index is 0.268. The average Bonchev–Trinajstić information content (AvgIpc) is 2.96. The topological polar surface area (TPSA) is 60.5 Å². The van der Waals surface area contributed by atoms with Gasteiger partial charge in [-0.25, -0.2) is 4.98 Å². The fourth-order valence-electron chi connectivity index (χ4n) is 2.07. The molecule has 124 valence electrons. The highest BCUT2D eigenvalue weighted by molar-refractivity contribution is 7.22. The lowest BCUT2D eigenvalue weighted by atomic mass is 10.3. The number of anilines is 1. The van der Waals surface area contributed by atoms with E-state index < -0.39 is 6.10 Å². The van der Waals surface area contributed by atoms with Gasteiger partial charge in [0.15, 0.2) is 11.2 Å². The van der Waals surface area contributed by atoms with Crippen LogP contribution in [0.2, 0.25) is 5.02 Å². The number of halogens is 1. The quantitative estimate of drug-likeness (QED) is 0.732. The normalized spacial score (nSPS) is 12.0. The second-order valence-corrected chi connectivity index (χ2v) is 6.52. The van der Waals surface area contributed by atoms with Crippen LogP contribution in [-0.4, -0.2) is 24.1 Å². The largest absolute Gasteiger partial charge is 0.497 e. The number of amides is 1.